The number of benzene rings is 2. The van der Waals surface area contributed by atoms with Crippen molar-refractivity contribution in [1.29, 1.82) is 0 Å². The fraction of sp³-hybridized carbons (Fsp3) is 0.321. The maximum absolute atomic E-state index is 12.8. The van der Waals surface area contributed by atoms with Crippen LogP contribution in [0, 0.1) is 0 Å². The van der Waals surface area contributed by atoms with Crippen molar-refractivity contribution in [3.8, 4) is 23.1 Å². The molecule has 4 aromatic rings. The van der Waals surface area contributed by atoms with Crippen LogP contribution in [0.4, 0.5) is 16.2 Å². The van der Waals surface area contributed by atoms with Crippen molar-refractivity contribution in [3.05, 3.63) is 54.6 Å². The Kier molecular flexibility index (Phi) is 7.16. The summed E-state index contributed by atoms with van der Waals surface area (Å²) in [6.07, 6.45) is 4.80. The minimum atomic E-state index is -0.598. The fourth-order valence-electron chi connectivity index (χ4n) is 4.35. The summed E-state index contributed by atoms with van der Waals surface area (Å²) < 4.78 is 23.7. The third-order valence-corrected chi connectivity index (χ3v) is 6.11. The number of aromatic nitrogens is 4. The molecule has 1 N–H and O–H groups in total. The summed E-state index contributed by atoms with van der Waals surface area (Å²) in [4.78, 5) is 35.5. The van der Waals surface area contributed by atoms with Crippen LogP contribution in [0.3, 0.4) is 0 Å². The number of rotatable bonds is 7. The largest absolute Gasteiger partial charge is 0.493 e. The summed E-state index contributed by atoms with van der Waals surface area (Å²) >= 11 is 0. The number of fused-ring (bicyclic) bond motifs is 2. The van der Waals surface area contributed by atoms with Crippen LogP contribution in [-0.2, 0) is 22.5 Å². The van der Waals surface area contributed by atoms with Crippen molar-refractivity contribution in [1.82, 2.24) is 19.7 Å². The molecular weight excluding hydrogens is 516 g/mol. The Morgan fingerprint density at radius 2 is 1.82 bits per heavy atom. The van der Waals surface area contributed by atoms with E-state index in [0.717, 1.165) is 17.7 Å². The molecule has 0 radical (unpaired) electrons. The number of carbonyl (C=O) groups is 2. The molecule has 0 saturated carbocycles. The Labute approximate surface area is 230 Å². The predicted octanol–water partition coefficient (Wildman–Crippen LogP) is 4.57. The van der Waals surface area contributed by atoms with Crippen molar-refractivity contribution in [2.24, 2.45) is 0 Å². The molecule has 208 valence electrons. The van der Waals surface area contributed by atoms with E-state index in [1.807, 2.05) is 32.9 Å². The zero-order valence-electron chi connectivity index (χ0n) is 22.9. The molecule has 0 atom stereocenters. The molecule has 3 heterocycles. The highest BCUT2D eigenvalue weighted by Gasteiger charge is 2.29. The number of ether oxygens (including phenoxy) is 4. The molecule has 0 unspecified atom stereocenters. The number of hydrogen-bond donors (Lipinski definition) is 1. The van der Waals surface area contributed by atoms with E-state index < -0.39 is 11.7 Å². The molecule has 0 saturated heterocycles. The van der Waals surface area contributed by atoms with E-state index >= 15 is 0 Å². The van der Waals surface area contributed by atoms with E-state index in [0.29, 0.717) is 46.3 Å². The zero-order valence-corrected chi connectivity index (χ0v) is 22.9. The molecule has 2 amide bonds. The van der Waals surface area contributed by atoms with Crippen LogP contribution in [0.25, 0.3) is 10.9 Å². The molecule has 12 heteroatoms. The molecule has 1 aliphatic rings. The summed E-state index contributed by atoms with van der Waals surface area (Å²) in [5.74, 6) is 1.47. The van der Waals surface area contributed by atoms with Gasteiger partial charge in [0.1, 0.15) is 18.5 Å². The highest BCUT2D eigenvalue weighted by atomic mass is 16.6. The molecule has 0 fully saturated rings. The molecule has 0 bridgehead atoms. The zero-order chi connectivity index (χ0) is 28.4. The minimum absolute atomic E-state index is 0.0498. The average Bonchev–Trinajstić information content (AvgIpc) is 3.53. The van der Waals surface area contributed by atoms with E-state index in [1.165, 1.54) is 17.2 Å². The number of methoxy groups -OCH3 is 2. The first-order valence-corrected chi connectivity index (χ1v) is 12.6. The highest BCUT2D eigenvalue weighted by Crippen LogP contribution is 2.36. The lowest BCUT2D eigenvalue weighted by Gasteiger charge is -2.25. The topological polar surface area (TPSA) is 130 Å². The van der Waals surface area contributed by atoms with Gasteiger partial charge in [0.15, 0.2) is 17.2 Å². The van der Waals surface area contributed by atoms with Gasteiger partial charge >= 0.3 is 6.09 Å². The number of nitrogens with zero attached hydrogens (tertiary/aromatic N) is 5. The van der Waals surface area contributed by atoms with Gasteiger partial charge in [-0.3, -0.25) is 14.4 Å². The summed E-state index contributed by atoms with van der Waals surface area (Å²) in [5, 5.41) is 7.73. The highest BCUT2D eigenvalue weighted by molar-refractivity contribution is 5.94. The molecule has 12 nitrogen and oxygen atoms in total. The van der Waals surface area contributed by atoms with Gasteiger partial charge in [0.2, 0.25) is 11.8 Å². The maximum Gasteiger partial charge on any atom is 0.414 e. The van der Waals surface area contributed by atoms with Gasteiger partial charge in [-0.05, 0) is 51.0 Å². The molecule has 0 aliphatic carbocycles. The van der Waals surface area contributed by atoms with Crippen molar-refractivity contribution in [2.75, 3.05) is 31.0 Å². The lowest BCUT2D eigenvalue weighted by Crippen LogP contribution is -2.35. The Bertz CT molecular complexity index is 1580. The first-order valence-electron chi connectivity index (χ1n) is 12.6. The van der Waals surface area contributed by atoms with E-state index in [1.54, 1.807) is 43.5 Å². The summed E-state index contributed by atoms with van der Waals surface area (Å²) in [6, 6.07) is 8.98. The second-order valence-corrected chi connectivity index (χ2v) is 10.2. The molecular formula is C28H30N6O6. The second-order valence-electron chi connectivity index (χ2n) is 10.2. The molecule has 1 aliphatic heterocycles. The monoisotopic (exact) mass is 546 g/mol. The molecule has 5 rings (SSSR count). The standard InChI is InChI=1S/C28H30N6O6/c1-28(2,3)40-27(36)34-9-8-17-6-7-18(10-22(17)34)32-25(35)15-33-14-19(13-31-33)39-26-20-11-23(37-4)24(38-5)12-21(20)29-16-30-26/h6-7,10-14,16H,8-9,15H2,1-5H3,(H,32,35). The van der Waals surface area contributed by atoms with E-state index in [-0.39, 0.29) is 12.5 Å². The van der Waals surface area contributed by atoms with Crippen LogP contribution < -0.4 is 24.4 Å². The normalized spacial score (nSPS) is 12.7. The summed E-state index contributed by atoms with van der Waals surface area (Å²) in [7, 11) is 3.10. The number of anilines is 2. The maximum atomic E-state index is 12.8. The summed E-state index contributed by atoms with van der Waals surface area (Å²) in [5.41, 5.74) is 2.34. The predicted molar refractivity (Wildman–Crippen MR) is 147 cm³/mol. The lowest BCUT2D eigenvalue weighted by molar-refractivity contribution is -0.116. The number of nitrogens with one attached hydrogen (secondary N) is 1. The van der Waals surface area contributed by atoms with Gasteiger partial charge in [0.05, 0.1) is 43.2 Å². The first-order chi connectivity index (χ1) is 19.1. The third kappa shape index (κ3) is 5.75. The Balaban J connectivity index is 1.25. The molecule has 2 aromatic heterocycles. The van der Waals surface area contributed by atoms with E-state index in [4.69, 9.17) is 18.9 Å². The smallest absolute Gasteiger partial charge is 0.414 e. The quantitative estimate of drug-likeness (QED) is 0.354. The van der Waals surface area contributed by atoms with Crippen LogP contribution in [0.2, 0.25) is 0 Å². The van der Waals surface area contributed by atoms with Gasteiger partial charge in [0, 0.05) is 18.3 Å². The molecule has 2 aromatic carbocycles. The van der Waals surface area contributed by atoms with Gasteiger partial charge in [-0.1, -0.05) is 6.07 Å². The van der Waals surface area contributed by atoms with Gasteiger partial charge < -0.3 is 24.3 Å². The summed E-state index contributed by atoms with van der Waals surface area (Å²) in [6.45, 7) is 5.96. The molecule has 0 spiro atoms. The first kappa shape index (κ1) is 26.7. The lowest BCUT2D eigenvalue weighted by atomic mass is 10.1. The van der Waals surface area contributed by atoms with Gasteiger partial charge in [-0.2, -0.15) is 5.10 Å². The van der Waals surface area contributed by atoms with Crippen LogP contribution in [0.1, 0.15) is 26.3 Å². The van der Waals surface area contributed by atoms with Crippen LogP contribution >= 0.6 is 0 Å². The van der Waals surface area contributed by atoms with Gasteiger partial charge in [-0.25, -0.2) is 14.8 Å². The Morgan fingerprint density at radius 3 is 2.58 bits per heavy atom. The number of carbonyl (C=O) groups excluding carboxylic acids is 2. The van der Waals surface area contributed by atoms with Gasteiger partial charge in [0.25, 0.3) is 0 Å². The van der Waals surface area contributed by atoms with Crippen LogP contribution in [0.15, 0.2) is 49.1 Å². The molecule has 40 heavy (non-hydrogen) atoms. The minimum Gasteiger partial charge on any atom is -0.493 e. The second kappa shape index (κ2) is 10.7. The van der Waals surface area contributed by atoms with Crippen molar-refractivity contribution in [3.63, 3.8) is 0 Å². The average molecular weight is 547 g/mol. The van der Waals surface area contributed by atoms with Crippen LogP contribution in [-0.4, -0.2) is 58.1 Å². The van der Waals surface area contributed by atoms with E-state index in [9.17, 15) is 9.59 Å². The SMILES string of the molecule is COc1cc2ncnc(Oc3cnn(CC(=O)Nc4ccc5c(c4)N(C(=O)OC(C)(C)C)CC5)c3)c2cc1OC. The van der Waals surface area contributed by atoms with Crippen LogP contribution in [0.5, 0.6) is 23.1 Å². The fourth-order valence-corrected chi connectivity index (χ4v) is 4.35. The van der Waals surface area contributed by atoms with Crippen molar-refractivity contribution >= 4 is 34.3 Å². The van der Waals surface area contributed by atoms with Gasteiger partial charge in [-0.15, -0.1) is 0 Å². The third-order valence-electron chi connectivity index (χ3n) is 6.11. The Hall–Kier alpha value is -4.87. The van der Waals surface area contributed by atoms with E-state index in [2.05, 4.69) is 20.4 Å². The number of amides is 2. The number of hydrogen-bond acceptors (Lipinski definition) is 9. The van der Waals surface area contributed by atoms with Crippen molar-refractivity contribution in [2.45, 2.75) is 39.3 Å². The van der Waals surface area contributed by atoms with Crippen molar-refractivity contribution < 1.29 is 28.5 Å². The Morgan fingerprint density at radius 1 is 1.05 bits per heavy atom.